The standard InChI is InChI=1S/C16H18N2O3/c1-3-8-18(9-10-21-2)15-13(16(19)20)11-12-6-4-5-7-14(12)17-15/h3-7,11H,1,8-10H2,2H3,(H,19,20). The lowest BCUT2D eigenvalue weighted by Gasteiger charge is -2.23. The van der Waals surface area contributed by atoms with Crippen molar-refractivity contribution in [1.29, 1.82) is 0 Å². The molecule has 0 unspecified atom stereocenters. The van der Waals surface area contributed by atoms with Crippen molar-refractivity contribution < 1.29 is 14.6 Å². The zero-order valence-electron chi connectivity index (χ0n) is 12.0. The number of nitrogens with zero attached hydrogens (tertiary/aromatic N) is 2. The number of hydrogen-bond acceptors (Lipinski definition) is 4. The Labute approximate surface area is 123 Å². The Morgan fingerprint density at radius 1 is 1.48 bits per heavy atom. The summed E-state index contributed by atoms with van der Waals surface area (Å²) in [6.07, 6.45) is 1.72. The van der Waals surface area contributed by atoms with Crippen LogP contribution in [0.2, 0.25) is 0 Å². The number of pyridine rings is 1. The van der Waals surface area contributed by atoms with E-state index in [9.17, 15) is 9.90 Å². The molecule has 0 aliphatic heterocycles. The molecule has 0 amide bonds. The number of hydrogen-bond donors (Lipinski definition) is 1. The molecule has 1 aromatic carbocycles. The number of ether oxygens (including phenoxy) is 1. The van der Waals surface area contributed by atoms with Crippen LogP contribution in [0.25, 0.3) is 10.9 Å². The summed E-state index contributed by atoms with van der Waals surface area (Å²) in [5, 5.41) is 10.3. The molecule has 21 heavy (non-hydrogen) atoms. The van der Waals surface area contributed by atoms with Crippen LogP contribution in [0.5, 0.6) is 0 Å². The summed E-state index contributed by atoms with van der Waals surface area (Å²) in [6, 6.07) is 9.12. The first-order valence-electron chi connectivity index (χ1n) is 6.65. The molecule has 0 aliphatic rings. The molecule has 1 heterocycles. The first-order valence-corrected chi connectivity index (χ1v) is 6.65. The number of methoxy groups -OCH3 is 1. The number of aromatic nitrogens is 1. The van der Waals surface area contributed by atoms with Crippen molar-refractivity contribution in [3.8, 4) is 0 Å². The Hall–Kier alpha value is -2.40. The Balaban J connectivity index is 2.54. The topological polar surface area (TPSA) is 62.7 Å². The highest BCUT2D eigenvalue weighted by atomic mass is 16.5. The predicted molar refractivity (Wildman–Crippen MR) is 83.0 cm³/mol. The number of carboxylic acids is 1. The molecule has 1 N–H and O–H groups in total. The van der Waals surface area contributed by atoms with Gasteiger partial charge in [-0.25, -0.2) is 9.78 Å². The first kappa shape index (κ1) is 15.0. The van der Waals surface area contributed by atoms with Gasteiger partial charge in [-0.15, -0.1) is 6.58 Å². The largest absolute Gasteiger partial charge is 0.478 e. The minimum atomic E-state index is -0.991. The van der Waals surface area contributed by atoms with Gasteiger partial charge in [-0.1, -0.05) is 24.3 Å². The zero-order valence-corrected chi connectivity index (χ0v) is 12.0. The van der Waals surface area contributed by atoms with E-state index in [1.807, 2.05) is 29.2 Å². The Morgan fingerprint density at radius 2 is 2.24 bits per heavy atom. The number of fused-ring (bicyclic) bond motifs is 1. The third-order valence-electron chi connectivity index (χ3n) is 3.15. The number of para-hydroxylation sites is 1. The van der Waals surface area contributed by atoms with Crippen LogP contribution in [-0.2, 0) is 4.74 Å². The van der Waals surface area contributed by atoms with Gasteiger partial charge in [0.15, 0.2) is 0 Å². The van der Waals surface area contributed by atoms with Crippen LogP contribution >= 0.6 is 0 Å². The average molecular weight is 286 g/mol. The highest BCUT2D eigenvalue weighted by Crippen LogP contribution is 2.23. The van der Waals surface area contributed by atoms with E-state index in [1.54, 1.807) is 19.3 Å². The van der Waals surface area contributed by atoms with E-state index < -0.39 is 5.97 Å². The fourth-order valence-corrected chi connectivity index (χ4v) is 2.15. The monoisotopic (exact) mass is 286 g/mol. The van der Waals surface area contributed by atoms with E-state index in [-0.39, 0.29) is 5.56 Å². The van der Waals surface area contributed by atoms with E-state index in [0.29, 0.717) is 25.5 Å². The molecule has 5 nitrogen and oxygen atoms in total. The van der Waals surface area contributed by atoms with Gasteiger partial charge in [0.25, 0.3) is 0 Å². The fraction of sp³-hybridized carbons (Fsp3) is 0.250. The van der Waals surface area contributed by atoms with Gasteiger partial charge < -0.3 is 14.7 Å². The lowest BCUT2D eigenvalue weighted by molar-refractivity contribution is 0.0697. The molecule has 0 spiro atoms. The molecule has 0 saturated heterocycles. The molecule has 0 atom stereocenters. The molecule has 0 saturated carbocycles. The maximum absolute atomic E-state index is 11.5. The fourth-order valence-electron chi connectivity index (χ4n) is 2.15. The van der Waals surface area contributed by atoms with Crippen LogP contribution < -0.4 is 4.90 Å². The summed E-state index contributed by atoms with van der Waals surface area (Å²) in [4.78, 5) is 17.9. The van der Waals surface area contributed by atoms with Gasteiger partial charge in [0.2, 0.25) is 0 Å². The maximum Gasteiger partial charge on any atom is 0.339 e. The normalized spacial score (nSPS) is 10.5. The molecule has 110 valence electrons. The molecule has 2 rings (SSSR count). The molecule has 0 radical (unpaired) electrons. The van der Waals surface area contributed by atoms with Gasteiger partial charge in [0.1, 0.15) is 11.4 Å². The number of benzene rings is 1. The van der Waals surface area contributed by atoms with Crippen LogP contribution in [0.15, 0.2) is 43.0 Å². The molecular formula is C16H18N2O3. The van der Waals surface area contributed by atoms with E-state index in [2.05, 4.69) is 11.6 Å². The summed E-state index contributed by atoms with van der Waals surface area (Å²) in [5.41, 5.74) is 0.954. The van der Waals surface area contributed by atoms with E-state index in [0.717, 1.165) is 10.9 Å². The summed E-state index contributed by atoms with van der Waals surface area (Å²) < 4.78 is 5.08. The predicted octanol–water partition coefficient (Wildman–Crippen LogP) is 2.57. The zero-order chi connectivity index (χ0) is 15.2. The van der Waals surface area contributed by atoms with Crippen molar-refractivity contribution in [3.63, 3.8) is 0 Å². The van der Waals surface area contributed by atoms with Crippen LogP contribution in [0, 0.1) is 0 Å². The summed E-state index contributed by atoms with van der Waals surface area (Å²) in [6.45, 7) is 5.26. The van der Waals surface area contributed by atoms with Gasteiger partial charge in [0, 0.05) is 25.6 Å². The molecule has 0 aliphatic carbocycles. The lowest BCUT2D eigenvalue weighted by atomic mass is 10.1. The molecular weight excluding hydrogens is 268 g/mol. The molecule has 0 bridgehead atoms. The van der Waals surface area contributed by atoms with Crippen molar-refractivity contribution in [2.24, 2.45) is 0 Å². The minimum absolute atomic E-state index is 0.187. The van der Waals surface area contributed by atoms with Gasteiger partial charge in [-0.2, -0.15) is 0 Å². The number of aromatic carboxylic acids is 1. The molecule has 1 aromatic heterocycles. The van der Waals surface area contributed by atoms with Crippen LogP contribution in [0.4, 0.5) is 5.82 Å². The number of anilines is 1. The first-order chi connectivity index (χ1) is 10.2. The second kappa shape index (κ2) is 6.85. The van der Waals surface area contributed by atoms with Crippen molar-refractivity contribution in [3.05, 3.63) is 48.6 Å². The van der Waals surface area contributed by atoms with Crippen LogP contribution in [0.3, 0.4) is 0 Å². The quantitative estimate of drug-likeness (QED) is 0.793. The molecule has 0 fully saturated rings. The van der Waals surface area contributed by atoms with Crippen molar-refractivity contribution in [1.82, 2.24) is 4.98 Å². The summed E-state index contributed by atoms with van der Waals surface area (Å²) in [7, 11) is 1.61. The van der Waals surface area contributed by atoms with E-state index in [4.69, 9.17) is 4.74 Å². The average Bonchev–Trinajstić information content (AvgIpc) is 2.50. The highest BCUT2D eigenvalue weighted by Gasteiger charge is 2.18. The van der Waals surface area contributed by atoms with Crippen molar-refractivity contribution in [2.45, 2.75) is 0 Å². The lowest BCUT2D eigenvalue weighted by Crippen LogP contribution is -2.30. The smallest absolute Gasteiger partial charge is 0.339 e. The SMILES string of the molecule is C=CCN(CCOC)c1nc2ccccc2cc1C(=O)O. The van der Waals surface area contributed by atoms with Gasteiger partial charge in [-0.05, 0) is 12.1 Å². The summed E-state index contributed by atoms with van der Waals surface area (Å²) >= 11 is 0. The molecule has 2 aromatic rings. The van der Waals surface area contributed by atoms with Crippen LogP contribution in [-0.4, -0.2) is 42.9 Å². The van der Waals surface area contributed by atoms with Crippen LogP contribution in [0.1, 0.15) is 10.4 Å². The second-order valence-electron chi connectivity index (χ2n) is 4.58. The minimum Gasteiger partial charge on any atom is -0.478 e. The van der Waals surface area contributed by atoms with Gasteiger partial charge in [0.05, 0.1) is 12.1 Å². The van der Waals surface area contributed by atoms with Gasteiger partial charge >= 0.3 is 5.97 Å². The van der Waals surface area contributed by atoms with E-state index in [1.165, 1.54) is 0 Å². The van der Waals surface area contributed by atoms with E-state index >= 15 is 0 Å². The Kier molecular flexibility index (Phi) is 4.90. The molecule has 5 heteroatoms. The Morgan fingerprint density at radius 3 is 2.90 bits per heavy atom. The highest BCUT2D eigenvalue weighted by molar-refractivity contribution is 5.98. The number of carboxylic acid groups (broad SMARTS) is 1. The number of rotatable bonds is 7. The summed E-state index contributed by atoms with van der Waals surface area (Å²) in [5.74, 6) is -0.548. The Bertz CT molecular complexity index is 655. The van der Waals surface area contributed by atoms with Crippen molar-refractivity contribution in [2.75, 3.05) is 31.7 Å². The van der Waals surface area contributed by atoms with Crippen molar-refractivity contribution >= 4 is 22.7 Å². The maximum atomic E-state index is 11.5. The second-order valence-corrected chi connectivity index (χ2v) is 4.58. The number of carbonyl (C=O) groups is 1. The van der Waals surface area contributed by atoms with Gasteiger partial charge in [-0.3, -0.25) is 0 Å². The third kappa shape index (κ3) is 3.38. The third-order valence-corrected chi connectivity index (χ3v) is 3.15.